The van der Waals surface area contributed by atoms with E-state index < -0.39 is 0 Å². The first-order valence-electron chi connectivity index (χ1n) is 8.31. The second-order valence-corrected chi connectivity index (χ2v) is 5.73. The summed E-state index contributed by atoms with van der Waals surface area (Å²) in [6, 6.07) is 12.4. The molecule has 0 radical (unpaired) electrons. The van der Waals surface area contributed by atoms with Crippen LogP contribution in [-0.2, 0) is 20.9 Å². The van der Waals surface area contributed by atoms with Crippen LogP contribution < -0.4 is 24.8 Å². The first-order valence-corrected chi connectivity index (χ1v) is 8.31. The van der Waals surface area contributed by atoms with Gasteiger partial charge in [0, 0.05) is 12.2 Å². The number of nitrogens with one attached hydrogen (secondary N) is 2. The lowest BCUT2D eigenvalue weighted by Gasteiger charge is -2.08. The summed E-state index contributed by atoms with van der Waals surface area (Å²) < 4.78 is 20.7. The van der Waals surface area contributed by atoms with Crippen LogP contribution in [0.2, 0.25) is 0 Å². The molecule has 1 aliphatic heterocycles. The van der Waals surface area contributed by atoms with Gasteiger partial charge in [0.15, 0.2) is 11.5 Å². The third kappa shape index (κ3) is 5.35. The zero-order valence-electron chi connectivity index (χ0n) is 14.8. The van der Waals surface area contributed by atoms with Crippen molar-refractivity contribution in [3.05, 3.63) is 48.0 Å². The molecular weight excluding hydrogens is 352 g/mol. The van der Waals surface area contributed by atoms with E-state index in [0.717, 1.165) is 5.56 Å². The first-order chi connectivity index (χ1) is 13.1. The van der Waals surface area contributed by atoms with Crippen molar-refractivity contribution in [2.24, 2.45) is 0 Å². The Morgan fingerprint density at radius 3 is 2.52 bits per heavy atom. The molecule has 8 heteroatoms. The lowest BCUT2D eigenvalue weighted by Crippen LogP contribution is -2.29. The monoisotopic (exact) mass is 372 g/mol. The molecule has 2 N–H and O–H groups in total. The zero-order chi connectivity index (χ0) is 19.1. The number of anilines is 1. The Bertz CT molecular complexity index is 806. The van der Waals surface area contributed by atoms with Crippen molar-refractivity contribution in [2.45, 2.75) is 6.54 Å². The molecule has 0 aliphatic carbocycles. The Morgan fingerprint density at radius 2 is 1.74 bits per heavy atom. The molecule has 0 fully saturated rings. The fourth-order valence-electron chi connectivity index (χ4n) is 2.41. The number of methoxy groups -OCH3 is 1. The van der Waals surface area contributed by atoms with Gasteiger partial charge < -0.3 is 29.6 Å². The Hall–Kier alpha value is -3.26. The van der Waals surface area contributed by atoms with Gasteiger partial charge in [-0.25, -0.2) is 0 Å². The maximum Gasteiger partial charge on any atom is 0.250 e. The number of carbonyl (C=O) groups excluding carboxylic acids is 2. The molecular formula is C19H20N2O6. The number of fused-ring (bicyclic) bond motifs is 1. The molecule has 0 aromatic heterocycles. The SMILES string of the molecule is COc1ccc(NC(=O)COCC(=O)NCc2ccc3c(c2)OCO3)cc1. The van der Waals surface area contributed by atoms with E-state index in [0.29, 0.717) is 29.5 Å². The van der Waals surface area contributed by atoms with Gasteiger partial charge in [0.05, 0.1) is 7.11 Å². The van der Waals surface area contributed by atoms with Crippen LogP contribution in [0.5, 0.6) is 17.2 Å². The number of rotatable bonds is 8. The highest BCUT2D eigenvalue weighted by atomic mass is 16.7. The molecule has 1 aliphatic rings. The van der Waals surface area contributed by atoms with Gasteiger partial charge in [0.25, 0.3) is 0 Å². The second-order valence-electron chi connectivity index (χ2n) is 5.73. The predicted octanol–water partition coefficient (Wildman–Crippen LogP) is 1.70. The maximum atomic E-state index is 11.8. The Morgan fingerprint density at radius 1 is 1.00 bits per heavy atom. The third-order valence-electron chi connectivity index (χ3n) is 3.77. The number of carbonyl (C=O) groups is 2. The highest BCUT2D eigenvalue weighted by Gasteiger charge is 2.13. The van der Waals surface area contributed by atoms with E-state index in [1.165, 1.54) is 0 Å². The van der Waals surface area contributed by atoms with E-state index >= 15 is 0 Å². The molecule has 0 atom stereocenters. The molecule has 142 valence electrons. The topological polar surface area (TPSA) is 95.1 Å². The van der Waals surface area contributed by atoms with Gasteiger partial charge in [-0.1, -0.05) is 6.07 Å². The molecule has 27 heavy (non-hydrogen) atoms. The Labute approximate surface area is 156 Å². The summed E-state index contributed by atoms with van der Waals surface area (Å²) in [5, 5.41) is 5.39. The smallest absolute Gasteiger partial charge is 0.250 e. The van der Waals surface area contributed by atoms with Crippen molar-refractivity contribution in [2.75, 3.05) is 32.4 Å². The molecule has 0 saturated heterocycles. The molecule has 3 rings (SSSR count). The lowest BCUT2D eigenvalue weighted by atomic mass is 10.2. The molecule has 0 bridgehead atoms. The fourth-order valence-corrected chi connectivity index (χ4v) is 2.41. The van der Waals surface area contributed by atoms with Crippen molar-refractivity contribution < 1.29 is 28.5 Å². The van der Waals surface area contributed by atoms with Crippen LogP contribution in [0.1, 0.15) is 5.56 Å². The number of amides is 2. The van der Waals surface area contributed by atoms with Crippen molar-refractivity contribution in [3.8, 4) is 17.2 Å². The maximum absolute atomic E-state index is 11.8. The van der Waals surface area contributed by atoms with Crippen molar-refractivity contribution >= 4 is 17.5 Å². The largest absolute Gasteiger partial charge is 0.497 e. The van der Waals surface area contributed by atoms with Gasteiger partial charge in [0.2, 0.25) is 18.6 Å². The van der Waals surface area contributed by atoms with Crippen molar-refractivity contribution in [1.82, 2.24) is 5.32 Å². The summed E-state index contributed by atoms with van der Waals surface area (Å²) in [7, 11) is 1.57. The van der Waals surface area contributed by atoms with Gasteiger partial charge in [-0.2, -0.15) is 0 Å². The van der Waals surface area contributed by atoms with E-state index in [-0.39, 0.29) is 31.8 Å². The summed E-state index contributed by atoms with van der Waals surface area (Å²) in [5.74, 6) is 1.39. The van der Waals surface area contributed by atoms with Gasteiger partial charge in [0.1, 0.15) is 19.0 Å². The summed E-state index contributed by atoms with van der Waals surface area (Å²) in [6.07, 6.45) is 0. The van der Waals surface area contributed by atoms with Gasteiger partial charge in [-0.3, -0.25) is 9.59 Å². The number of hydrogen-bond donors (Lipinski definition) is 2. The molecule has 2 aromatic carbocycles. The van der Waals surface area contributed by atoms with E-state index in [9.17, 15) is 9.59 Å². The van der Waals surface area contributed by atoms with Crippen LogP contribution in [0, 0.1) is 0 Å². The molecule has 0 unspecified atom stereocenters. The number of benzene rings is 2. The van der Waals surface area contributed by atoms with Crippen LogP contribution in [-0.4, -0.2) is 38.9 Å². The normalized spacial score (nSPS) is 11.7. The van der Waals surface area contributed by atoms with Gasteiger partial charge >= 0.3 is 0 Å². The minimum Gasteiger partial charge on any atom is -0.497 e. The minimum absolute atomic E-state index is 0.206. The number of ether oxygens (including phenoxy) is 4. The average molecular weight is 372 g/mol. The van der Waals surface area contributed by atoms with E-state index in [4.69, 9.17) is 18.9 Å². The Kier molecular flexibility index (Phi) is 6.11. The summed E-state index contributed by atoms with van der Waals surface area (Å²) in [4.78, 5) is 23.6. The van der Waals surface area contributed by atoms with E-state index in [2.05, 4.69) is 10.6 Å². The highest BCUT2D eigenvalue weighted by Crippen LogP contribution is 2.32. The molecule has 0 spiro atoms. The predicted molar refractivity (Wildman–Crippen MR) is 96.9 cm³/mol. The van der Waals surface area contributed by atoms with Gasteiger partial charge in [-0.15, -0.1) is 0 Å². The second kappa shape index (κ2) is 8.91. The standard InChI is InChI=1S/C19H20N2O6/c1-24-15-5-3-14(4-6-15)21-19(23)11-25-10-18(22)20-9-13-2-7-16-17(8-13)27-12-26-16/h2-8H,9-12H2,1H3,(H,20,22)(H,21,23). The van der Waals surface area contributed by atoms with E-state index in [1.807, 2.05) is 12.1 Å². The minimum atomic E-state index is -0.344. The van der Waals surface area contributed by atoms with Crippen molar-refractivity contribution in [1.29, 1.82) is 0 Å². The van der Waals surface area contributed by atoms with Crippen LogP contribution >= 0.6 is 0 Å². The van der Waals surface area contributed by atoms with E-state index in [1.54, 1.807) is 37.4 Å². The van der Waals surface area contributed by atoms with Crippen LogP contribution in [0.15, 0.2) is 42.5 Å². The molecule has 1 heterocycles. The lowest BCUT2D eigenvalue weighted by molar-refractivity contribution is -0.128. The average Bonchev–Trinajstić information content (AvgIpc) is 3.15. The summed E-state index contributed by atoms with van der Waals surface area (Å²) in [5.41, 5.74) is 1.50. The first kappa shape index (κ1) is 18.5. The third-order valence-corrected chi connectivity index (χ3v) is 3.77. The quantitative estimate of drug-likeness (QED) is 0.732. The number of hydrogen-bond acceptors (Lipinski definition) is 6. The van der Waals surface area contributed by atoms with Crippen LogP contribution in [0.25, 0.3) is 0 Å². The molecule has 2 amide bonds. The summed E-state index contributed by atoms with van der Waals surface area (Å²) in [6.45, 7) is 0.110. The van der Waals surface area contributed by atoms with Gasteiger partial charge in [-0.05, 0) is 42.0 Å². The Balaban J connectivity index is 1.34. The van der Waals surface area contributed by atoms with Crippen molar-refractivity contribution in [3.63, 3.8) is 0 Å². The van der Waals surface area contributed by atoms with Crippen LogP contribution in [0.4, 0.5) is 5.69 Å². The highest BCUT2D eigenvalue weighted by molar-refractivity contribution is 5.91. The summed E-state index contributed by atoms with van der Waals surface area (Å²) >= 11 is 0. The molecule has 2 aromatic rings. The van der Waals surface area contributed by atoms with Crippen LogP contribution in [0.3, 0.4) is 0 Å². The fraction of sp³-hybridized carbons (Fsp3) is 0.263. The molecule has 0 saturated carbocycles. The zero-order valence-corrected chi connectivity index (χ0v) is 14.8. The molecule has 8 nitrogen and oxygen atoms in total.